The Bertz CT molecular complexity index is 572. The number of nitrogens with zero attached hydrogens (tertiary/aromatic N) is 1. The maximum atomic E-state index is 13.4. The molecule has 0 unspecified atom stereocenters. The molecule has 0 bridgehead atoms. The minimum Gasteiger partial charge on any atom is -0.342 e. The molecule has 1 aromatic carbocycles. The van der Waals surface area contributed by atoms with E-state index in [-0.39, 0.29) is 11.1 Å². The third kappa shape index (κ3) is 1.80. The highest BCUT2D eigenvalue weighted by Crippen LogP contribution is 2.32. The number of H-pyrrole nitrogens is 1. The molecule has 0 saturated heterocycles. The maximum Gasteiger partial charge on any atom is 0.153 e. The molecule has 3 rings (SSSR count). The number of rotatable bonds is 2. The normalized spacial score (nSPS) is 18.3. The van der Waals surface area contributed by atoms with Gasteiger partial charge in [0.1, 0.15) is 17.2 Å². The second kappa shape index (κ2) is 3.50. The van der Waals surface area contributed by atoms with E-state index in [1.807, 2.05) is 0 Å². The van der Waals surface area contributed by atoms with Crippen molar-refractivity contribution in [3.63, 3.8) is 0 Å². The molecule has 2 aromatic rings. The van der Waals surface area contributed by atoms with Crippen LogP contribution in [0, 0.1) is 11.6 Å². The van der Waals surface area contributed by atoms with Gasteiger partial charge in [-0.1, -0.05) is 0 Å². The number of benzene rings is 1. The van der Waals surface area contributed by atoms with Gasteiger partial charge < -0.3 is 10.7 Å². The highest BCUT2D eigenvalue weighted by Gasteiger charge is 2.33. The quantitative estimate of drug-likeness (QED) is 0.841. The van der Waals surface area contributed by atoms with Gasteiger partial charge in [-0.05, 0) is 25.3 Å². The molecule has 90 valence electrons. The second-order valence-electron chi connectivity index (χ2n) is 4.86. The van der Waals surface area contributed by atoms with Crippen LogP contribution < -0.4 is 5.73 Å². The first kappa shape index (κ1) is 10.7. The Balaban J connectivity index is 1.99. The Kier molecular flexibility index (Phi) is 2.19. The predicted octanol–water partition coefficient (Wildman–Crippen LogP) is 2.27. The van der Waals surface area contributed by atoms with Gasteiger partial charge >= 0.3 is 0 Å². The number of nitrogens with one attached hydrogen (secondary N) is 1. The molecule has 1 aliphatic rings. The molecular weight excluding hydrogens is 224 g/mol. The van der Waals surface area contributed by atoms with Crippen LogP contribution in [0.5, 0.6) is 0 Å². The van der Waals surface area contributed by atoms with E-state index in [0.29, 0.717) is 17.8 Å². The fourth-order valence-electron chi connectivity index (χ4n) is 2.32. The van der Waals surface area contributed by atoms with Gasteiger partial charge in [0.2, 0.25) is 0 Å². The van der Waals surface area contributed by atoms with Crippen molar-refractivity contribution in [3.8, 4) is 0 Å². The zero-order valence-corrected chi connectivity index (χ0v) is 9.26. The van der Waals surface area contributed by atoms with Crippen LogP contribution in [0.15, 0.2) is 12.1 Å². The van der Waals surface area contributed by atoms with Crippen molar-refractivity contribution in [2.75, 3.05) is 0 Å². The fourth-order valence-corrected chi connectivity index (χ4v) is 2.32. The molecule has 0 aliphatic heterocycles. The lowest BCUT2D eigenvalue weighted by molar-refractivity contribution is 0.244. The lowest BCUT2D eigenvalue weighted by Crippen LogP contribution is -2.48. The molecule has 0 spiro atoms. The Morgan fingerprint density at radius 1 is 1.35 bits per heavy atom. The minimum atomic E-state index is -0.637. The van der Waals surface area contributed by atoms with E-state index in [1.54, 1.807) is 0 Å². The summed E-state index contributed by atoms with van der Waals surface area (Å²) in [4.78, 5) is 7.07. The van der Waals surface area contributed by atoms with Crippen molar-refractivity contribution >= 4 is 11.0 Å². The molecule has 17 heavy (non-hydrogen) atoms. The standard InChI is InChI=1S/C12H13F2N3/c13-7-4-8(14)11-9(5-7)16-10(17-11)6-12(15)2-1-3-12/h4-5H,1-3,6,15H2,(H,16,17). The topological polar surface area (TPSA) is 54.7 Å². The van der Waals surface area contributed by atoms with Crippen LogP contribution in [-0.4, -0.2) is 15.5 Å². The highest BCUT2D eigenvalue weighted by atomic mass is 19.1. The van der Waals surface area contributed by atoms with Crippen LogP contribution in [-0.2, 0) is 6.42 Å². The SMILES string of the molecule is NC1(Cc2nc3c(F)cc(F)cc3[nH]2)CCC1. The molecule has 1 aliphatic carbocycles. The number of halogens is 2. The van der Waals surface area contributed by atoms with Crippen molar-refractivity contribution in [2.24, 2.45) is 5.73 Å². The molecule has 3 nitrogen and oxygen atoms in total. The number of aromatic amines is 1. The predicted molar refractivity (Wildman–Crippen MR) is 60.5 cm³/mol. The molecule has 5 heteroatoms. The largest absolute Gasteiger partial charge is 0.342 e. The van der Waals surface area contributed by atoms with Gasteiger partial charge in [-0.25, -0.2) is 13.8 Å². The van der Waals surface area contributed by atoms with Crippen LogP contribution in [0.2, 0.25) is 0 Å². The molecule has 0 amide bonds. The summed E-state index contributed by atoms with van der Waals surface area (Å²) in [6.45, 7) is 0. The lowest BCUT2D eigenvalue weighted by atomic mass is 9.75. The molecule has 1 heterocycles. The Hall–Kier alpha value is -1.49. The first-order valence-electron chi connectivity index (χ1n) is 5.68. The molecule has 1 fully saturated rings. The summed E-state index contributed by atoms with van der Waals surface area (Å²) in [6.07, 6.45) is 3.63. The van der Waals surface area contributed by atoms with Crippen molar-refractivity contribution in [3.05, 3.63) is 29.6 Å². The van der Waals surface area contributed by atoms with Crippen molar-refractivity contribution < 1.29 is 8.78 Å². The zero-order valence-electron chi connectivity index (χ0n) is 9.26. The van der Waals surface area contributed by atoms with Crippen LogP contribution >= 0.6 is 0 Å². The third-order valence-electron chi connectivity index (χ3n) is 3.42. The van der Waals surface area contributed by atoms with Gasteiger partial charge in [0.25, 0.3) is 0 Å². The Morgan fingerprint density at radius 2 is 2.12 bits per heavy atom. The number of hydrogen-bond acceptors (Lipinski definition) is 2. The minimum absolute atomic E-state index is 0.185. The maximum absolute atomic E-state index is 13.4. The van der Waals surface area contributed by atoms with E-state index in [9.17, 15) is 8.78 Å². The van der Waals surface area contributed by atoms with Gasteiger partial charge in [0, 0.05) is 18.0 Å². The van der Waals surface area contributed by atoms with Crippen LogP contribution in [0.3, 0.4) is 0 Å². The summed E-state index contributed by atoms with van der Waals surface area (Å²) < 4.78 is 26.4. The average molecular weight is 237 g/mol. The summed E-state index contributed by atoms with van der Waals surface area (Å²) in [5.41, 5.74) is 6.45. The van der Waals surface area contributed by atoms with E-state index in [0.717, 1.165) is 25.3 Å². The first-order chi connectivity index (χ1) is 8.06. The monoisotopic (exact) mass is 237 g/mol. The number of nitrogens with two attached hydrogens (primary N) is 1. The van der Waals surface area contributed by atoms with Crippen LogP contribution in [0.4, 0.5) is 8.78 Å². The second-order valence-corrected chi connectivity index (χ2v) is 4.86. The van der Waals surface area contributed by atoms with Crippen molar-refractivity contribution in [1.29, 1.82) is 0 Å². The number of imidazole rings is 1. The molecule has 0 radical (unpaired) electrons. The number of fused-ring (bicyclic) bond motifs is 1. The van der Waals surface area contributed by atoms with Gasteiger partial charge in [0.05, 0.1) is 5.52 Å². The summed E-state index contributed by atoms with van der Waals surface area (Å²) in [7, 11) is 0. The molecule has 3 N–H and O–H groups in total. The smallest absolute Gasteiger partial charge is 0.153 e. The lowest BCUT2D eigenvalue weighted by Gasteiger charge is -2.37. The number of hydrogen-bond donors (Lipinski definition) is 2. The summed E-state index contributed by atoms with van der Waals surface area (Å²) in [6, 6.07) is 2.09. The third-order valence-corrected chi connectivity index (χ3v) is 3.42. The van der Waals surface area contributed by atoms with Gasteiger partial charge in [-0.3, -0.25) is 0 Å². The van der Waals surface area contributed by atoms with Crippen molar-refractivity contribution in [2.45, 2.75) is 31.2 Å². The Morgan fingerprint density at radius 3 is 2.76 bits per heavy atom. The van der Waals surface area contributed by atoms with E-state index < -0.39 is 11.6 Å². The van der Waals surface area contributed by atoms with E-state index in [4.69, 9.17) is 5.73 Å². The zero-order chi connectivity index (χ0) is 12.0. The molecule has 1 aromatic heterocycles. The van der Waals surface area contributed by atoms with Gasteiger partial charge in [-0.15, -0.1) is 0 Å². The molecular formula is C12H13F2N3. The van der Waals surface area contributed by atoms with Gasteiger partial charge in [0.15, 0.2) is 5.82 Å². The van der Waals surface area contributed by atoms with Crippen molar-refractivity contribution in [1.82, 2.24) is 9.97 Å². The molecule has 1 saturated carbocycles. The molecule has 0 atom stereocenters. The van der Waals surface area contributed by atoms with E-state index in [2.05, 4.69) is 9.97 Å². The summed E-state index contributed by atoms with van der Waals surface area (Å²) in [5.74, 6) is -0.606. The highest BCUT2D eigenvalue weighted by molar-refractivity contribution is 5.75. The average Bonchev–Trinajstić information content (AvgIpc) is 2.58. The van der Waals surface area contributed by atoms with E-state index in [1.165, 1.54) is 6.07 Å². The number of aromatic nitrogens is 2. The fraction of sp³-hybridized carbons (Fsp3) is 0.417. The van der Waals surface area contributed by atoms with E-state index >= 15 is 0 Å². The Labute approximate surface area is 97.0 Å². The van der Waals surface area contributed by atoms with Crippen LogP contribution in [0.1, 0.15) is 25.1 Å². The van der Waals surface area contributed by atoms with Gasteiger partial charge in [-0.2, -0.15) is 0 Å². The summed E-state index contributed by atoms with van der Waals surface area (Å²) in [5, 5.41) is 0. The summed E-state index contributed by atoms with van der Waals surface area (Å²) >= 11 is 0. The first-order valence-corrected chi connectivity index (χ1v) is 5.68. The van der Waals surface area contributed by atoms with Crippen LogP contribution in [0.25, 0.3) is 11.0 Å².